The lowest BCUT2D eigenvalue weighted by atomic mass is 10.0. The van der Waals surface area contributed by atoms with E-state index in [4.69, 9.17) is 9.15 Å². The molecule has 0 fully saturated rings. The van der Waals surface area contributed by atoms with Crippen LogP contribution in [0.15, 0.2) is 75.9 Å². The number of nitrogens with one attached hydrogen (secondary N) is 1. The van der Waals surface area contributed by atoms with Crippen LogP contribution in [0.4, 0.5) is 0 Å². The molecule has 154 valence electrons. The van der Waals surface area contributed by atoms with E-state index in [-0.39, 0.29) is 5.63 Å². The number of hydrogen-bond acceptors (Lipinski definition) is 3. The molecular weight excluding hydrogens is 376 g/mol. The quantitative estimate of drug-likeness (QED) is 0.365. The van der Waals surface area contributed by atoms with Crippen LogP contribution < -0.4 is 20.6 Å². The number of ether oxygens (including phenoxy) is 1. The van der Waals surface area contributed by atoms with E-state index in [0.29, 0.717) is 11.6 Å². The summed E-state index contributed by atoms with van der Waals surface area (Å²) in [4.78, 5) is 13.5. The molecule has 0 radical (unpaired) electrons. The molecule has 5 heteroatoms. The Kier molecular flexibility index (Phi) is 5.84. The minimum Gasteiger partial charge on any atom is -0.497 e. The first-order valence-corrected chi connectivity index (χ1v) is 10.3. The van der Waals surface area contributed by atoms with Gasteiger partial charge in [-0.2, -0.15) is 0 Å². The third-order valence-electron chi connectivity index (χ3n) is 5.70. The van der Waals surface area contributed by atoms with Crippen LogP contribution in [0.2, 0.25) is 0 Å². The molecule has 0 unspecified atom stereocenters. The summed E-state index contributed by atoms with van der Waals surface area (Å²) in [5, 5.41) is 5.57. The van der Waals surface area contributed by atoms with E-state index in [0.717, 1.165) is 40.6 Å². The Balaban J connectivity index is 1.60. The first-order chi connectivity index (χ1) is 14.6. The highest BCUT2D eigenvalue weighted by Gasteiger charge is 2.20. The average Bonchev–Trinajstić information content (AvgIpc) is 2.76. The molecule has 0 amide bonds. The molecule has 0 aliphatic carbocycles. The molecule has 1 aromatic heterocycles. The highest BCUT2D eigenvalue weighted by atomic mass is 16.5. The molecule has 1 atom stereocenters. The van der Waals surface area contributed by atoms with E-state index < -0.39 is 0 Å². The lowest BCUT2D eigenvalue weighted by Gasteiger charge is -2.21. The standard InChI is InChI=1S/C25H26N2O3/c1-27(2)22(18-8-11-20(29-3)12-9-18)16-26-15-19-14-24(28)30-23-13-10-17-6-4-5-7-21(17)25(19)23/h4-14,22,26H,15-16H2,1-3H3/p+2/t22-/m1/s1. The molecule has 0 spiro atoms. The zero-order chi connectivity index (χ0) is 21.1. The predicted molar refractivity (Wildman–Crippen MR) is 119 cm³/mol. The summed E-state index contributed by atoms with van der Waals surface area (Å²) in [6, 6.07) is 22.4. The van der Waals surface area contributed by atoms with Crippen LogP contribution in [0, 0.1) is 0 Å². The minimum atomic E-state index is -0.300. The molecule has 1 heterocycles. The lowest BCUT2D eigenvalue weighted by molar-refractivity contribution is -0.910. The molecule has 4 rings (SSSR count). The third-order valence-corrected chi connectivity index (χ3v) is 5.70. The summed E-state index contributed by atoms with van der Waals surface area (Å²) in [6.45, 7) is 1.62. The summed E-state index contributed by atoms with van der Waals surface area (Å²) in [5.74, 6) is 0.865. The van der Waals surface area contributed by atoms with Gasteiger partial charge >= 0.3 is 5.63 Å². The largest absolute Gasteiger partial charge is 0.497 e. The summed E-state index contributed by atoms with van der Waals surface area (Å²) >= 11 is 0. The van der Waals surface area contributed by atoms with E-state index in [1.54, 1.807) is 13.2 Å². The Bertz CT molecular complexity index is 1210. The topological polar surface area (TPSA) is 60.5 Å². The fraction of sp³-hybridized carbons (Fsp3) is 0.240. The molecule has 30 heavy (non-hydrogen) atoms. The number of likely N-dealkylation sites (N-methyl/N-ethyl adjacent to an activating group) is 1. The number of methoxy groups -OCH3 is 1. The molecule has 5 nitrogen and oxygen atoms in total. The van der Waals surface area contributed by atoms with Gasteiger partial charge in [0.1, 0.15) is 24.4 Å². The van der Waals surface area contributed by atoms with Crippen molar-refractivity contribution in [2.24, 2.45) is 0 Å². The van der Waals surface area contributed by atoms with Gasteiger partial charge in [-0.05, 0) is 41.1 Å². The molecule has 0 aliphatic rings. The van der Waals surface area contributed by atoms with Gasteiger partial charge in [0.25, 0.3) is 0 Å². The summed E-state index contributed by atoms with van der Waals surface area (Å²) in [6.07, 6.45) is 0. The van der Waals surface area contributed by atoms with Gasteiger partial charge in [-0.3, -0.25) is 0 Å². The van der Waals surface area contributed by atoms with Crippen molar-refractivity contribution < 1.29 is 19.4 Å². The molecule has 3 N–H and O–H groups in total. The van der Waals surface area contributed by atoms with Gasteiger partial charge in [0.2, 0.25) is 0 Å². The number of hydrogen-bond donors (Lipinski definition) is 2. The molecule has 0 saturated carbocycles. The van der Waals surface area contributed by atoms with Crippen molar-refractivity contribution in [3.05, 3.63) is 88.3 Å². The number of quaternary nitrogens is 2. The molecular formula is C25H28N2O3+2. The Morgan fingerprint density at radius 3 is 2.53 bits per heavy atom. The number of benzene rings is 3. The average molecular weight is 405 g/mol. The summed E-state index contributed by atoms with van der Waals surface area (Å²) in [5.41, 5.74) is 2.64. The van der Waals surface area contributed by atoms with Crippen molar-refractivity contribution in [1.29, 1.82) is 0 Å². The highest BCUT2D eigenvalue weighted by molar-refractivity contribution is 6.06. The second kappa shape index (κ2) is 8.69. The predicted octanol–water partition coefficient (Wildman–Crippen LogP) is 1.90. The first-order valence-electron chi connectivity index (χ1n) is 10.3. The maximum atomic E-state index is 12.1. The number of nitrogens with two attached hydrogens (primary N) is 1. The monoisotopic (exact) mass is 404 g/mol. The lowest BCUT2D eigenvalue weighted by Crippen LogP contribution is -3.09. The fourth-order valence-corrected chi connectivity index (χ4v) is 4.13. The SMILES string of the molecule is COc1ccc([C@@H](C[NH2+]Cc2cc(=O)oc3ccc4ccccc4c23)[NH+](C)C)cc1. The highest BCUT2D eigenvalue weighted by Crippen LogP contribution is 2.27. The van der Waals surface area contributed by atoms with Crippen molar-refractivity contribution in [3.8, 4) is 5.75 Å². The molecule has 0 saturated heterocycles. The Hall–Kier alpha value is -3.15. The van der Waals surface area contributed by atoms with E-state index in [9.17, 15) is 4.79 Å². The van der Waals surface area contributed by atoms with Gasteiger partial charge in [0, 0.05) is 22.6 Å². The van der Waals surface area contributed by atoms with Crippen LogP contribution in [0.1, 0.15) is 17.2 Å². The maximum absolute atomic E-state index is 12.1. The third kappa shape index (κ3) is 4.08. The van der Waals surface area contributed by atoms with Gasteiger partial charge in [-0.25, -0.2) is 4.79 Å². The van der Waals surface area contributed by atoms with Crippen molar-refractivity contribution in [3.63, 3.8) is 0 Å². The maximum Gasteiger partial charge on any atom is 0.336 e. The second-order valence-corrected chi connectivity index (χ2v) is 7.88. The Morgan fingerprint density at radius 2 is 1.80 bits per heavy atom. The van der Waals surface area contributed by atoms with Gasteiger partial charge in [-0.1, -0.05) is 30.3 Å². The molecule has 0 aliphatic heterocycles. The van der Waals surface area contributed by atoms with Crippen molar-refractivity contribution in [2.75, 3.05) is 27.7 Å². The normalized spacial score (nSPS) is 12.5. The molecule has 0 bridgehead atoms. The smallest absolute Gasteiger partial charge is 0.336 e. The van der Waals surface area contributed by atoms with E-state index in [1.807, 2.05) is 36.4 Å². The van der Waals surface area contributed by atoms with Crippen LogP contribution in [-0.2, 0) is 6.54 Å². The summed E-state index contributed by atoms with van der Waals surface area (Å²) in [7, 11) is 6.02. The van der Waals surface area contributed by atoms with Gasteiger partial charge in [0.05, 0.1) is 21.2 Å². The number of rotatable bonds is 7. The van der Waals surface area contributed by atoms with Crippen LogP contribution in [0.25, 0.3) is 21.7 Å². The Morgan fingerprint density at radius 1 is 1.03 bits per heavy atom. The summed E-state index contributed by atoms with van der Waals surface area (Å²) < 4.78 is 10.8. The van der Waals surface area contributed by atoms with Crippen LogP contribution in [0.5, 0.6) is 5.75 Å². The number of fused-ring (bicyclic) bond motifs is 3. The van der Waals surface area contributed by atoms with Crippen LogP contribution >= 0.6 is 0 Å². The van der Waals surface area contributed by atoms with E-state index >= 15 is 0 Å². The van der Waals surface area contributed by atoms with Crippen molar-refractivity contribution in [2.45, 2.75) is 12.6 Å². The zero-order valence-electron chi connectivity index (χ0n) is 17.6. The molecule has 4 aromatic rings. The first kappa shape index (κ1) is 20.1. The molecule has 3 aromatic carbocycles. The van der Waals surface area contributed by atoms with Crippen molar-refractivity contribution >= 4 is 21.7 Å². The van der Waals surface area contributed by atoms with E-state index in [2.05, 4.69) is 43.7 Å². The van der Waals surface area contributed by atoms with Gasteiger partial charge in [-0.15, -0.1) is 0 Å². The van der Waals surface area contributed by atoms with Gasteiger partial charge in [0.15, 0.2) is 6.04 Å². The fourth-order valence-electron chi connectivity index (χ4n) is 4.13. The van der Waals surface area contributed by atoms with Gasteiger partial charge < -0.3 is 19.4 Å². The minimum absolute atomic E-state index is 0.300. The Labute approximate surface area is 175 Å². The second-order valence-electron chi connectivity index (χ2n) is 7.88. The van der Waals surface area contributed by atoms with E-state index in [1.165, 1.54) is 10.5 Å². The van der Waals surface area contributed by atoms with Crippen LogP contribution in [-0.4, -0.2) is 27.7 Å². The van der Waals surface area contributed by atoms with Crippen LogP contribution in [0.3, 0.4) is 0 Å². The zero-order valence-corrected chi connectivity index (χ0v) is 17.6. The van der Waals surface area contributed by atoms with Crippen molar-refractivity contribution in [1.82, 2.24) is 0 Å².